The minimum Gasteiger partial charge on any atom is -0.469 e. The summed E-state index contributed by atoms with van der Waals surface area (Å²) in [5.74, 6) is 0.404. The van der Waals surface area contributed by atoms with Crippen LogP contribution in [-0.2, 0) is 20.0 Å². The average molecular weight is 272 g/mol. The molecule has 0 aliphatic carbocycles. The van der Waals surface area contributed by atoms with Gasteiger partial charge in [0.05, 0.1) is 32.7 Å². The molecule has 0 saturated carbocycles. The van der Waals surface area contributed by atoms with Crippen LogP contribution in [0.5, 0.6) is 0 Å². The zero-order valence-corrected chi connectivity index (χ0v) is 11.4. The largest absolute Gasteiger partial charge is 0.469 e. The highest BCUT2D eigenvalue weighted by Crippen LogP contribution is 2.23. The van der Waals surface area contributed by atoms with E-state index in [0.29, 0.717) is 23.5 Å². The molecule has 18 heavy (non-hydrogen) atoms. The van der Waals surface area contributed by atoms with Crippen molar-refractivity contribution in [1.29, 1.82) is 0 Å². The van der Waals surface area contributed by atoms with Gasteiger partial charge in [-0.25, -0.2) is 4.79 Å². The smallest absolute Gasteiger partial charge is 0.341 e. The Morgan fingerprint density at radius 1 is 1.39 bits per heavy atom. The molecule has 0 N–H and O–H groups in total. The Balaban J connectivity index is 2.51. The van der Waals surface area contributed by atoms with Gasteiger partial charge >= 0.3 is 11.9 Å². The van der Waals surface area contributed by atoms with Gasteiger partial charge in [0.1, 0.15) is 11.3 Å². The summed E-state index contributed by atoms with van der Waals surface area (Å²) in [5, 5.41) is 0.0908. The quantitative estimate of drug-likeness (QED) is 0.740. The first-order valence-corrected chi connectivity index (χ1v) is 6.46. The van der Waals surface area contributed by atoms with Gasteiger partial charge in [0.2, 0.25) is 0 Å². The van der Waals surface area contributed by atoms with E-state index in [0.717, 1.165) is 0 Å². The first-order chi connectivity index (χ1) is 8.58. The van der Waals surface area contributed by atoms with Crippen LogP contribution < -0.4 is 0 Å². The molecule has 1 heterocycles. The lowest BCUT2D eigenvalue weighted by Crippen LogP contribution is -2.09. The van der Waals surface area contributed by atoms with Crippen LogP contribution in [0, 0.1) is 0 Å². The summed E-state index contributed by atoms with van der Waals surface area (Å²) in [5.41, 5.74) is 0.426. The van der Waals surface area contributed by atoms with Crippen LogP contribution >= 0.6 is 11.8 Å². The summed E-state index contributed by atoms with van der Waals surface area (Å²) in [7, 11) is 2.69. The van der Waals surface area contributed by atoms with Gasteiger partial charge in [0.25, 0.3) is 0 Å². The Labute approximate surface area is 110 Å². The lowest BCUT2D eigenvalue weighted by molar-refractivity contribution is -0.140. The number of ether oxygens (including phenoxy) is 2. The van der Waals surface area contributed by atoms with E-state index in [2.05, 4.69) is 9.47 Å². The number of thioether (sulfide) groups is 1. The third-order valence-corrected chi connectivity index (χ3v) is 3.50. The number of carbonyl (C=O) groups excluding carboxylic acids is 2. The number of rotatable bonds is 6. The van der Waals surface area contributed by atoms with E-state index in [1.165, 1.54) is 32.2 Å². The lowest BCUT2D eigenvalue weighted by Gasteiger charge is -2.08. The molecule has 6 heteroatoms. The maximum Gasteiger partial charge on any atom is 0.341 e. The summed E-state index contributed by atoms with van der Waals surface area (Å²) in [6.07, 6.45) is 1.78. The maximum absolute atomic E-state index is 11.4. The highest BCUT2D eigenvalue weighted by atomic mass is 32.2. The molecule has 0 aliphatic rings. The SMILES string of the molecule is COC(=O)CC(C)SCc1occc1C(=O)OC. The van der Waals surface area contributed by atoms with Crippen molar-refractivity contribution in [2.45, 2.75) is 24.3 Å². The van der Waals surface area contributed by atoms with Crippen LogP contribution in [0.15, 0.2) is 16.7 Å². The minimum atomic E-state index is -0.417. The Kier molecular flexibility index (Phi) is 5.77. The molecular weight excluding hydrogens is 256 g/mol. The summed E-state index contributed by atoms with van der Waals surface area (Å²) >= 11 is 1.52. The van der Waals surface area contributed by atoms with Crippen LogP contribution in [0.2, 0.25) is 0 Å². The molecule has 0 radical (unpaired) electrons. The molecule has 5 nitrogen and oxygen atoms in total. The van der Waals surface area contributed by atoms with E-state index in [9.17, 15) is 9.59 Å². The van der Waals surface area contributed by atoms with Crippen molar-refractivity contribution in [1.82, 2.24) is 0 Å². The highest BCUT2D eigenvalue weighted by molar-refractivity contribution is 7.99. The minimum absolute atomic E-state index is 0.0908. The van der Waals surface area contributed by atoms with Crippen molar-refractivity contribution in [2.75, 3.05) is 14.2 Å². The fourth-order valence-electron chi connectivity index (χ4n) is 1.34. The molecule has 1 rings (SSSR count). The van der Waals surface area contributed by atoms with Crippen molar-refractivity contribution >= 4 is 23.7 Å². The Morgan fingerprint density at radius 2 is 2.11 bits per heavy atom. The zero-order valence-electron chi connectivity index (χ0n) is 10.6. The molecule has 0 bridgehead atoms. The standard InChI is InChI=1S/C12H16O5S/c1-8(6-11(13)15-2)18-7-10-9(4-5-17-10)12(14)16-3/h4-5,8H,6-7H2,1-3H3. The lowest BCUT2D eigenvalue weighted by atomic mass is 10.3. The van der Waals surface area contributed by atoms with Gasteiger partial charge in [-0.1, -0.05) is 6.92 Å². The van der Waals surface area contributed by atoms with Crippen molar-refractivity contribution < 1.29 is 23.5 Å². The molecule has 1 atom stereocenters. The number of carbonyl (C=O) groups is 2. The van der Waals surface area contributed by atoms with Crippen molar-refractivity contribution in [3.63, 3.8) is 0 Å². The molecule has 1 aromatic heterocycles. The second-order valence-corrected chi connectivity index (χ2v) is 5.08. The van der Waals surface area contributed by atoms with Gasteiger partial charge in [-0.05, 0) is 6.07 Å². The fraction of sp³-hybridized carbons (Fsp3) is 0.500. The van der Waals surface area contributed by atoms with Crippen LogP contribution in [0.25, 0.3) is 0 Å². The first-order valence-electron chi connectivity index (χ1n) is 5.41. The Bertz CT molecular complexity index is 412. The van der Waals surface area contributed by atoms with Gasteiger partial charge in [-0.15, -0.1) is 0 Å². The predicted octanol–water partition coefficient (Wildman–Crippen LogP) is 2.25. The summed E-state index contributed by atoms with van der Waals surface area (Å²) in [6, 6.07) is 1.58. The van der Waals surface area contributed by atoms with E-state index in [1.54, 1.807) is 6.07 Å². The number of methoxy groups -OCH3 is 2. The Hall–Kier alpha value is -1.43. The molecule has 1 unspecified atom stereocenters. The molecule has 1 aromatic rings. The monoisotopic (exact) mass is 272 g/mol. The number of esters is 2. The molecule has 0 saturated heterocycles. The van der Waals surface area contributed by atoms with Crippen molar-refractivity contribution in [3.8, 4) is 0 Å². The highest BCUT2D eigenvalue weighted by Gasteiger charge is 2.17. The normalized spacial score (nSPS) is 11.9. The fourth-order valence-corrected chi connectivity index (χ4v) is 2.25. The third-order valence-electron chi connectivity index (χ3n) is 2.33. The third kappa shape index (κ3) is 4.10. The molecule has 0 aromatic carbocycles. The van der Waals surface area contributed by atoms with E-state index in [-0.39, 0.29) is 11.2 Å². The van der Waals surface area contributed by atoms with Gasteiger partial charge in [0, 0.05) is 5.25 Å². The summed E-state index contributed by atoms with van der Waals surface area (Å²) in [4.78, 5) is 22.5. The second kappa shape index (κ2) is 7.10. The summed E-state index contributed by atoms with van der Waals surface area (Å²) < 4.78 is 14.5. The van der Waals surface area contributed by atoms with Gasteiger partial charge < -0.3 is 13.9 Å². The molecule has 0 spiro atoms. The van der Waals surface area contributed by atoms with E-state index < -0.39 is 5.97 Å². The number of hydrogen-bond donors (Lipinski definition) is 0. The number of hydrogen-bond acceptors (Lipinski definition) is 6. The van der Waals surface area contributed by atoms with E-state index in [4.69, 9.17) is 4.42 Å². The van der Waals surface area contributed by atoms with Gasteiger partial charge in [-0.3, -0.25) is 4.79 Å². The van der Waals surface area contributed by atoms with Crippen LogP contribution in [0.4, 0.5) is 0 Å². The Morgan fingerprint density at radius 3 is 2.72 bits per heavy atom. The molecular formula is C12H16O5S. The van der Waals surface area contributed by atoms with Gasteiger partial charge in [0.15, 0.2) is 0 Å². The van der Waals surface area contributed by atoms with Crippen molar-refractivity contribution in [2.24, 2.45) is 0 Å². The predicted molar refractivity (Wildman–Crippen MR) is 67.4 cm³/mol. The average Bonchev–Trinajstić information content (AvgIpc) is 2.83. The van der Waals surface area contributed by atoms with Crippen LogP contribution in [0.1, 0.15) is 29.5 Å². The maximum atomic E-state index is 11.4. The molecule has 0 fully saturated rings. The van der Waals surface area contributed by atoms with E-state index >= 15 is 0 Å². The second-order valence-electron chi connectivity index (χ2n) is 3.65. The first kappa shape index (κ1) is 14.6. The van der Waals surface area contributed by atoms with Crippen LogP contribution in [-0.4, -0.2) is 31.4 Å². The van der Waals surface area contributed by atoms with Crippen molar-refractivity contribution in [3.05, 3.63) is 23.7 Å². The van der Waals surface area contributed by atoms with Gasteiger partial charge in [-0.2, -0.15) is 11.8 Å². The van der Waals surface area contributed by atoms with E-state index in [1.807, 2.05) is 6.92 Å². The molecule has 100 valence electrons. The molecule has 0 aliphatic heterocycles. The zero-order chi connectivity index (χ0) is 13.5. The van der Waals surface area contributed by atoms with Crippen LogP contribution in [0.3, 0.4) is 0 Å². The number of furan rings is 1. The molecule has 0 amide bonds. The summed E-state index contributed by atoms with van der Waals surface area (Å²) in [6.45, 7) is 1.92. The topological polar surface area (TPSA) is 65.7 Å².